The van der Waals surface area contributed by atoms with E-state index in [0.29, 0.717) is 6.42 Å². The van der Waals surface area contributed by atoms with Gasteiger partial charge in [-0.1, -0.05) is 32.6 Å². The first-order valence-electron chi connectivity index (χ1n) is 5.98. The van der Waals surface area contributed by atoms with E-state index in [0.717, 1.165) is 12.8 Å². The highest BCUT2D eigenvalue weighted by molar-refractivity contribution is 5.66. The van der Waals surface area contributed by atoms with E-state index in [1.807, 2.05) is 14.1 Å². The molecular weight excluding hydrogens is 206 g/mol. The van der Waals surface area contributed by atoms with Crippen LogP contribution < -0.4 is 0 Å². The summed E-state index contributed by atoms with van der Waals surface area (Å²) < 4.78 is 0. The van der Waals surface area contributed by atoms with Crippen LogP contribution in [-0.4, -0.2) is 41.4 Å². The Kier molecular flexibility index (Phi) is 13.8. The summed E-state index contributed by atoms with van der Waals surface area (Å²) in [6.45, 7) is 3.87. The molecule has 0 aromatic carbocycles. The highest BCUT2D eigenvalue weighted by Crippen LogP contribution is 2.04. The Balaban J connectivity index is 0. The Morgan fingerprint density at radius 2 is 1.62 bits per heavy atom. The Labute approximate surface area is 99.3 Å². The first kappa shape index (κ1) is 17.8. The average Bonchev–Trinajstić information content (AvgIpc) is 2.18. The molecule has 4 heteroatoms. The minimum atomic E-state index is -0.670. The van der Waals surface area contributed by atoms with Crippen LogP contribution >= 0.6 is 0 Å². The third-order valence-corrected chi connectivity index (χ3v) is 2.24. The SMILES string of the molecule is CC(O)N(C)C.CCCCCCCC(=O)O. The lowest BCUT2D eigenvalue weighted by atomic mass is 10.1. The molecule has 0 fully saturated rings. The molecule has 4 nitrogen and oxygen atoms in total. The Hall–Kier alpha value is -0.610. The number of rotatable bonds is 7. The van der Waals surface area contributed by atoms with E-state index in [1.165, 1.54) is 19.3 Å². The van der Waals surface area contributed by atoms with Gasteiger partial charge in [0.05, 0.1) is 0 Å². The Bertz CT molecular complexity index is 152. The fraction of sp³-hybridized carbons (Fsp3) is 0.917. The molecule has 2 N–H and O–H groups in total. The van der Waals surface area contributed by atoms with Crippen LogP contribution in [0.25, 0.3) is 0 Å². The largest absolute Gasteiger partial charge is 0.481 e. The van der Waals surface area contributed by atoms with Gasteiger partial charge in [-0.2, -0.15) is 0 Å². The summed E-state index contributed by atoms with van der Waals surface area (Å²) in [5, 5.41) is 16.8. The molecule has 0 aliphatic rings. The zero-order chi connectivity index (χ0) is 13.0. The zero-order valence-electron chi connectivity index (χ0n) is 11.1. The number of aliphatic hydroxyl groups is 1. The van der Waals surface area contributed by atoms with E-state index >= 15 is 0 Å². The second-order valence-corrected chi connectivity index (χ2v) is 4.15. The van der Waals surface area contributed by atoms with Gasteiger partial charge in [0.15, 0.2) is 0 Å². The maximum absolute atomic E-state index is 10.0. The van der Waals surface area contributed by atoms with Gasteiger partial charge in [0, 0.05) is 6.42 Å². The third kappa shape index (κ3) is 19.0. The lowest BCUT2D eigenvalue weighted by molar-refractivity contribution is -0.137. The molecule has 1 unspecified atom stereocenters. The molecule has 0 heterocycles. The number of aliphatic hydroxyl groups excluding tert-OH is 1. The summed E-state index contributed by atoms with van der Waals surface area (Å²) >= 11 is 0. The summed E-state index contributed by atoms with van der Waals surface area (Å²) in [4.78, 5) is 11.8. The average molecular weight is 233 g/mol. The van der Waals surface area contributed by atoms with Gasteiger partial charge in [-0.25, -0.2) is 0 Å². The van der Waals surface area contributed by atoms with Crippen LogP contribution in [0.4, 0.5) is 0 Å². The standard InChI is InChI=1S/C8H16O2.C4H11NO/c1-2-3-4-5-6-7-8(9)10;1-4(6)5(2)3/h2-7H2,1H3,(H,9,10);4,6H,1-3H3. The predicted octanol–water partition coefficient (Wildman–Crippen LogP) is 2.32. The van der Waals surface area contributed by atoms with Crippen LogP contribution in [0.3, 0.4) is 0 Å². The van der Waals surface area contributed by atoms with E-state index in [9.17, 15) is 4.79 Å². The van der Waals surface area contributed by atoms with Crippen LogP contribution in [0.1, 0.15) is 52.4 Å². The molecule has 0 saturated heterocycles. The van der Waals surface area contributed by atoms with Crippen molar-refractivity contribution in [2.24, 2.45) is 0 Å². The van der Waals surface area contributed by atoms with Crippen LogP contribution in [0, 0.1) is 0 Å². The van der Waals surface area contributed by atoms with Crippen LogP contribution in [-0.2, 0) is 4.79 Å². The molecule has 0 rings (SSSR count). The summed E-state index contributed by atoms with van der Waals surface area (Å²) in [7, 11) is 3.65. The van der Waals surface area contributed by atoms with Crippen molar-refractivity contribution in [1.82, 2.24) is 4.90 Å². The smallest absolute Gasteiger partial charge is 0.303 e. The molecule has 0 bridgehead atoms. The number of hydrogen-bond donors (Lipinski definition) is 2. The van der Waals surface area contributed by atoms with Crippen molar-refractivity contribution in [2.45, 2.75) is 58.6 Å². The molecule has 0 aromatic heterocycles. The van der Waals surface area contributed by atoms with E-state index in [1.54, 1.807) is 11.8 Å². The molecule has 16 heavy (non-hydrogen) atoms. The summed E-state index contributed by atoms with van der Waals surface area (Å²) in [6.07, 6.45) is 5.57. The minimum absolute atomic E-state index is 0.315. The van der Waals surface area contributed by atoms with Crippen LogP contribution in [0.2, 0.25) is 0 Å². The van der Waals surface area contributed by atoms with Crippen LogP contribution in [0.5, 0.6) is 0 Å². The van der Waals surface area contributed by atoms with Crippen molar-refractivity contribution in [3.05, 3.63) is 0 Å². The molecule has 0 saturated carbocycles. The van der Waals surface area contributed by atoms with Gasteiger partial charge in [0.1, 0.15) is 6.23 Å². The molecule has 0 radical (unpaired) electrons. The molecule has 1 atom stereocenters. The number of carboxylic acids is 1. The Morgan fingerprint density at radius 1 is 1.19 bits per heavy atom. The van der Waals surface area contributed by atoms with Crippen molar-refractivity contribution >= 4 is 5.97 Å². The van der Waals surface area contributed by atoms with Gasteiger partial charge in [0.25, 0.3) is 0 Å². The number of carboxylic acid groups (broad SMARTS) is 1. The van der Waals surface area contributed by atoms with Gasteiger partial charge in [-0.05, 0) is 27.4 Å². The second kappa shape index (κ2) is 12.5. The zero-order valence-corrected chi connectivity index (χ0v) is 11.1. The fourth-order valence-corrected chi connectivity index (χ4v) is 0.880. The highest BCUT2D eigenvalue weighted by atomic mass is 16.4. The quantitative estimate of drug-likeness (QED) is 0.523. The lowest BCUT2D eigenvalue weighted by Crippen LogP contribution is -2.23. The van der Waals surface area contributed by atoms with Gasteiger partial charge in [-0.3, -0.25) is 9.69 Å². The summed E-state index contributed by atoms with van der Waals surface area (Å²) in [6, 6.07) is 0. The molecule has 0 spiro atoms. The molecule has 0 aromatic rings. The number of nitrogens with zero attached hydrogens (tertiary/aromatic N) is 1. The number of aliphatic carboxylic acids is 1. The highest BCUT2D eigenvalue weighted by Gasteiger charge is 1.94. The normalized spacial score (nSPS) is 11.9. The van der Waals surface area contributed by atoms with E-state index in [2.05, 4.69) is 6.92 Å². The van der Waals surface area contributed by atoms with Crippen molar-refractivity contribution in [1.29, 1.82) is 0 Å². The number of unbranched alkanes of at least 4 members (excludes halogenated alkanes) is 4. The first-order chi connectivity index (χ1) is 7.41. The summed E-state index contributed by atoms with van der Waals surface area (Å²) in [5.41, 5.74) is 0. The van der Waals surface area contributed by atoms with Gasteiger partial charge < -0.3 is 10.2 Å². The number of carbonyl (C=O) groups is 1. The third-order valence-electron chi connectivity index (χ3n) is 2.24. The van der Waals surface area contributed by atoms with E-state index in [-0.39, 0.29) is 6.23 Å². The maximum atomic E-state index is 10.0. The molecule has 0 amide bonds. The van der Waals surface area contributed by atoms with Crippen LogP contribution in [0.15, 0.2) is 0 Å². The lowest BCUT2D eigenvalue weighted by Gasteiger charge is -2.11. The fourth-order valence-electron chi connectivity index (χ4n) is 0.880. The van der Waals surface area contributed by atoms with E-state index < -0.39 is 5.97 Å². The van der Waals surface area contributed by atoms with Gasteiger partial charge >= 0.3 is 5.97 Å². The summed E-state index contributed by atoms with van der Waals surface area (Å²) in [5.74, 6) is -0.670. The van der Waals surface area contributed by atoms with E-state index in [4.69, 9.17) is 10.2 Å². The van der Waals surface area contributed by atoms with Crippen molar-refractivity contribution in [3.63, 3.8) is 0 Å². The molecule has 0 aliphatic heterocycles. The Morgan fingerprint density at radius 3 is 1.94 bits per heavy atom. The van der Waals surface area contributed by atoms with Crippen molar-refractivity contribution in [3.8, 4) is 0 Å². The second-order valence-electron chi connectivity index (χ2n) is 4.15. The predicted molar refractivity (Wildman–Crippen MR) is 66.4 cm³/mol. The van der Waals surface area contributed by atoms with Crippen molar-refractivity contribution < 1.29 is 15.0 Å². The molecule has 0 aliphatic carbocycles. The molecule has 98 valence electrons. The monoisotopic (exact) mass is 233 g/mol. The topological polar surface area (TPSA) is 60.8 Å². The van der Waals surface area contributed by atoms with Gasteiger partial charge in [-0.15, -0.1) is 0 Å². The number of hydrogen-bond acceptors (Lipinski definition) is 3. The van der Waals surface area contributed by atoms with Crippen molar-refractivity contribution in [2.75, 3.05) is 14.1 Å². The maximum Gasteiger partial charge on any atom is 0.303 e. The minimum Gasteiger partial charge on any atom is -0.481 e. The van der Waals surface area contributed by atoms with Gasteiger partial charge in [0.2, 0.25) is 0 Å². The molecular formula is C12H27NO3. The first-order valence-corrected chi connectivity index (χ1v) is 5.98.